The molecule has 2 amide bonds. The van der Waals surface area contributed by atoms with Crippen molar-refractivity contribution in [2.24, 2.45) is 0 Å². The average molecular weight is 317 g/mol. The van der Waals surface area contributed by atoms with Gasteiger partial charge in [-0.05, 0) is 31.0 Å². The third kappa shape index (κ3) is 3.68. The van der Waals surface area contributed by atoms with E-state index in [1.807, 2.05) is 0 Å². The monoisotopic (exact) mass is 317 g/mol. The molecule has 1 aromatic heterocycles. The first-order valence-electron chi connectivity index (χ1n) is 7.05. The second-order valence-corrected chi connectivity index (χ2v) is 5.29. The molecule has 0 aliphatic heterocycles. The number of carbonyl (C=O) groups is 2. The molecule has 0 saturated heterocycles. The van der Waals surface area contributed by atoms with Crippen molar-refractivity contribution >= 4 is 17.5 Å². The van der Waals surface area contributed by atoms with E-state index in [9.17, 15) is 18.4 Å². The molecule has 2 N–H and O–H groups in total. The minimum absolute atomic E-state index is 0.113. The van der Waals surface area contributed by atoms with Gasteiger partial charge in [0.1, 0.15) is 0 Å². The molecule has 1 fully saturated rings. The molecular weight excluding hydrogens is 304 g/mol. The Hall–Kier alpha value is -2.83. The van der Waals surface area contributed by atoms with Crippen LogP contribution in [0.25, 0.3) is 0 Å². The smallest absolute Gasteiger partial charge is 0.257 e. The van der Waals surface area contributed by atoms with Gasteiger partial charge >= 0.3 is 0 Å². The van der Waals surface area contributed by atoms with Gasteiger partial charge in [0.25, 0.3) is 11.8 Å². The van der Waals surface area contributed by atoms with Crippen LogP contribution in [0.5, 0.6) is 0 Å². The molecule has 3 rings (SSSR count). The molecular formula is C16H13F2N3O2. The van der Waals surface area contributed by atoms with Crippen molar-refractivity contribution in [3.63, 3.8) is 0 Å². The molecule has 0 atom stereocenters. The molecule has 0 unspecified atom stereocenters. The Morgan fingerprint density at radius 2 is 1.70 bits per heavy atom. The fraction of sp³-hybridized carbons (Fsp3) is 0.188. The highest BCUT2D eigenvalue weighted by atomic mass is 19.2. The van der Waals surface area contributed by atoms with E-state index in [2.05, 4.69) is 15.6 Å². The average Bonchev–Trinajstić information content (AvgIpc) is 3.35. The van der Waals surface area contributed by atoms with Crippen LogP contribution < -0.4 is 10.6 Å². The summed E-state index contributed by atoms with van der Waals surface area (Å²) in [7, 11) is 0. The van der Waals surface area contributed by atoms with Gasteiger partial charge in [0.2, 0.25) is 0 Å². The van der Waals surface area contributed by atoms with E-state index in [1.165, 1.54) is 24.5 Å². The zero-order valence-corrected chi connectivity index (χ0v) is 12.0. The number of benzene rings is 1. The van der Waals surface area contributed by atoms with Crippen LogP contribution in [0.3, 0.4) is 0 Å². The highest BCUT2D eigenvalue weighted by Gasteiger charge is 2.24. The van der Waals surface area contributed by atoms with Gasteiger partial charge in [-0.3, -0.25) is 14.6 Å². The van der Waals surface area contributed by atoms with E-state index in [4.69, 9.17) is 0 Å². The van der Waals surface area contributed by atoms with Crippen LogP contribution in [-0.2, 0) is 0 Å². The number of carbonyl (C=O) groups excluding carboxylic acids is 2. The quantitative estimate of drug-likeness (QED) is 0.910. The van der Waals surface area contributed by atoms with Crippen LogP contribution in [-0.4, -0.2) is 22.8 Å². The summed E-state index contributed by atoms with van der Waals surface area (Å²) >= 11 is 0. The lowest BCUT2D eigenvalue weighted by molar-refractivity contribution is 0.0950. The first-order chi connectivity index (χ1) is 11.0. The maximum absolute atomic E-state index is 13.1. The maximum Gasteiger partial charge on any atom is 0.257 e. The van der Waals surface area contributed by atoms with Gasteiger partial charge in [-0.25, -0.2) is 8.78 Å². The number of hydrogen-bond acceptors (Lipinski definition) is 3. The molecule has 7 heteroatoms. The zero-order chi connectivity index (χ0) is 16.4. The van der Waals surface area contributed by atoms with Crippen LogP contribution in [0.2, 0.25) is 0 Å². The number of aromatic nitrogens is 1. The van der Waals surface area contributed by atoms with Gasteiger partial charge in [-0.2, -0.15) is 0 Å². The summed E-state index contributed by atoms with van der Waals surface area (Å²) < 4.78 is 26.0. The summed E-state index contributed by atoms with van der Waals surface area (Å²) in [6.07, 6.45) is 4.57. The predicted octanol–water partition coefficient (Wildman–Crippen LogP) is 2.50. The van der Waals surface area contributed by atoms with E-state index < -0.39 is 17.5 Å². The number of hydrogen-bond donors (Lipinski definition) is 2. The highest BCUT2D eigenvalue weighted by Crippen LogP contribution is 2.19. The van der Waals surface area contributed by atoms with Gasteiger partial charge in [0.05, 0.1) is 11.1 Å². The summed E-state index contributed by atoms with van der Waals surface area (Å²) in [5.74, 6) is -2.91. The summed E-state index contributed by atoms with van der Waals surface area (Å²) in [4.78, 5) is 27.9. The van der Waals surface area contributed by atoms with Crippen molar-refractivity contribution in [1.29, 1.82) is 0 Å². The second-order valence-electron chi connectivity index (χ2n) is 5.29. The topological polar surface area (TPSA) is 71.1 Å². The first-order valence-corrected chi connectivity index (χ1v) is 7.05. The van der Waals surface area contributed by atoms with E-state index in [1.54, 1.807) is 0 Å². The predicted molar refractivity (Wildman–Crippen MR) is 79.0 cm³/mol. The Labute approximate surface area is 130 Å². The number of rotatable bonds is 4. The van der Waals surface area contributed by atoms with Gasteiger partial charge in [-0.1, -0.05) is 0 Å². The number of nitrogens with zero attached hydrogens (tertiary/aromatic N) is 1. The van der Waals surface area contributed by atoms with Crippen LogP contribution in [0.1, 0.15) is 33.6 Å². The molecule has 23 heavy (non-hydrogen) atoms. The largest absolute Gasteiger partial charge is 0.349 e. The number of anilines is 1. The lowest BCUT2D eigenvalue weighted by Gasteiger charge is -2.07. The fourth-order valence-corrected chi connectivity index (χ4v) is 1.96. The van der Waals surface area contributed by atoms with Crippen LogP contribution in [0.4, 0.5) is 14.5 Å². The molecule has 1 heterocycles. The van der Waals surface area contributed by atoms with E-state index >= 15 is 0 Å². The minimum atomic E-state index is -1.06. The van der Waals surface area contributed by atoms with Crippen LogP contribution in [0.15, 0.2) is 36.7 Å². The van der Waals surface area contributed by atoms with Crippen molar-refractivity contribution < 1.29 is 18.4 Å². The molecule has 1 aliphatic rings. The highest BCUT2D eigenvalue weighted by molar-refractivity contribution is 6.05. The Bertz CT molecular complexity index is 776. The molecule has 118 valence electrons. The zero-order valence-electron chi connectivity index (χ0n) is 12.0. The van der Waals surface area contributed by atoms with Gasteiger partial charge in [0.15, 0.2) is 11.6 Å². The Morgan fingerprint density at radius 1 is 1.00 bits per heavy atom. The van der Waals surface area contributed by atoms with Crippen molar-refractivity contribution in [1.82, 2.24) is 10.3 Å². The number of amides is 2. The Balaban J connectivity index is 1.73. The molecule has 5 nitrogen and oxygen atoms in total. The van der Waals surface area contributed by atoms with E-state index in [-0.39, 0.29) is 28.8 Å². The number of nitrogens with one attached hydrogen (secondary N) is 2. The molecule has 1 saturated carbocycles. The van der Waals surface area contributed by atoms with Crippen molar-refractivity contribution in [2.75, 3.05) is 5.32 Å². The summed E-state index contributed by atoms with van der Waals surface area (Å²) in [6, 6.07) is 4.64. The summed E-state index contributed by atoms with van der Waals surface area (Å²) in [6.45, 7) is 0. The van der Waals surface area contributed by atoms with Gasteiger partial charge in [-0.15, -0.1) is 0 Å². The molecule has 1 aliphatic carbocycles. The van der Waals surface area contributed by atoms with E-state index in [0.717, 1.165) is 25.0 Å². The summed E-state index contributed by atoms with van der Waals surface area (Å²) in [5.41, 5.74) is 0.537. The Kier molecular flexibility index (Phi) is 4.01. The Morgan fingerprint density at radius 3 is 2.35 bits per heavy atom. The maximum atomic E-state index is 13.1. The first kappa shape index (κ1) is 15.1. The van der Waals surface area contributed by atoms with E-state index in [0.29, 0.717) is 0 Å². The second kappa shape index (κ2) is 6.12. The third-order valence-corrected chi connectivity index (χ3v) is 3.35. The van der Waals surface area contributed by atoms with Gasteiger partial charge in [0, 0.05) is 30.2 Å². The molecule has 0 spiro atoms. The minimum Gasteiger partial charge on any atom is -0.349 e. The summed E-state index contributed by atoms with van der Waals surface area (Å²) in [5, 5.41) is 5.23. The number of halogens is 2. The lowest BCUT2D eigenvalue weighted by Crippen LogP contribution is -2.26. The molecule has 2 aromatic rings. The van der Waals surface area contributed by atoms with Gasteiger partial charge < -0.3 is 10.6 Å². The van der Waals surface area contributed by atoms with Crippen molar-refractivity contribution in [2.45, 2.75) is 18.9 Å². The standard InChI is InChI=1S/C16H13F2N3O2/c17-13-4-3-12(6-14(13)18)21-16(23)10-5-9(7-19-8-10)15(22)20-11-1-2-11/h3-8,11H,1-2H2,(H,20,22)(H,21,23). The third-order valence-electron chi connectivity index (χ3n) is 3.35. The lowest BCUT2D eigenvalue weighted by atomic mass is 10.1. The fourth-order valence-electron chi connectivity index (χ4n) is 1.96. The van der Waals surface area contributed by atoms with Crippen LogP contribution >= 0.6 is 0 Å². The van der Waals surface area contributed by atoms with Crippen molar-refractivity contribution in [3.8, 4) is 0 Å². The normalized spacial score (nSPS) is 13.5. The molecule has 1 aromatic carbocycles. The SMILES string of the molecule is O=C(Nc1ccc(F)c(F)c1)c1cncc(C(=O)NC2CC2)c1. The number of pyridine rings is 1. The molecule has 0 radical (unpaired) electrons. The van der Waals surface area contributed by atoms with Crippen molar-refractivity contribution in [3.05, 3.63) is 59.4 Å². The molecule has 0 bridgehead atoms. The van der Waals surface area contributed by atoms with Crippen LogP contribution in [0, 0.1) is 11.6 Å².